The highest BCUT2D eigenvalue weighted by Crippen LogP contribution is 2.15. The predicted molar refractivity (Wildman–Crippen MR) is 60.1 cm³/mol. The van der Waals surface area contributed by atoms with E-state index in [-0.39, 0.29) is 12.4 Å². The number of methoxy groups -OCH3 is 1. The fourth-order valence-corrected chi connectivity index (χ4v) is 1.53. The highest BCUT2D eigenvalue weighted by atomic mass is 35.5. The molecule has 0 saturated carbocycles. The van der Waals surface area contributed by atoms with Gasteiger partial charge in [0.2, 0.25) is 0 Å². The first-order chi connectivity index (χ1) is 6.38. The van der Waals surface area contributed by atoms with E-state index in [4.69, 9.17) is 4.74 Å². The summed E-state index contributed by atoms with van der Waals surface area (Å²) in [4.78, 5) is 2.45. The second-order valence-electron chi connectivity index (χ2n) is 3.48. The molecule has 2 rings (SSSR count). The highest BCUT2D eigenvalue weighted by molar-refractivity contribution is 5.85. The van der Waals surface area contributed by atoms with Crippen molar-refractivity contribution in [2.24, 2.45) is 0 Å². The maximum absolute atomic E-state index is 5.10. The Hall–Kier alpha value is -0.730. The largest absolute Gasteiger partial charge is 0.497 e. The molecular formula is C11H16ClNO. The van der Waals surface area contributed by atoms with Crippen molar-refractivity contribution in [2.45, 2.75) is 13.0 Å². The number of halogens is 1. The molecule has 1 aromatic carbocycles. The van der Waals surface area contributed by atoms with E-state index in [2.05, 4.69) is 17.0 Å². The number of likely N-dealkylation sites (tertiary alicyclic amines) is 1. The van der Waals surface area contributed by atoms with Gasteiger partial charge in [0, 0.05) is 6.54 Å². The highest BCUT2D eigenvalue weighted by Gasteiger charge is 2.13. The molecule has 1 aromatic rings. The van der Waals surface area contributed by atoms with Gasteiger partial charge in [0.05, 0.1) is 7.11 Å². The fourth-order valence-electron chi connectivity index (χ4n) is 1.53. The van der Waals surface area contributed by atoms with Gasteiger partial charge in [-0.2, -0.15) is 0 Å². The lowest BCUT2D eigenvalue weighted by molar-refractivity contribution is 0.172. The van der Waals surface area contributed by atoms with Crippen molar-refractivity contribution < 1.29 is 4.74 Å². The standard InChI is InChI=1S/C11H15NO.ClH/c1-13-11-5-3-10(4-6-11)9-12-7-2-8-12;/h3-6H,2,7-9H2,1H3;1H. The van der Waals surface area contributed by atoms with Gasteiger partial charge in [-0.3, -0.25) is 4.90 Å². The number of hydrogen-bond donors (Lipinski definition) is 0. The molecule has 0 N–H and O–H groups in total. The molecule has 2 nitrogen and oxygen atoms in total. The van der Waals surface area contributed by atoms with Crippen molar-refractivity contribution in [1.82, 2.24) is 4.90 Å². The molecule has 1 fully saturated rings. The lowest BCUT2D eigenvalue weighted by Gasteiger charge is -2.30. The van der Waals surface area contributed by atoms with Gasteiger partial charge >= 0.3 is 0 Å². The van der Waals surface area contributed by atoms with Crippen LogP contribution in [0.2, 0.25) is 0 Å². The van der Waals surface area contributed by atoms with Gasteiger partial charge in [-0.15, -0.1) is 12.4 Å². The van der Waals surface area contributed by atoms with E-state index in [0.717, 1.165) is 12.3 Å². The van der Waals surface area contributed by atoms with Crippen molar-refractivity contribution in [3.8, 4) is 5.75 Å². The zero-order chi connectivity index (χ0) is 9.10. The van der Waals surface area contributed by atoms with Crippen LogP contribution < -0.4 is 4.74 Å². The third-order valence-corrected chi connectivity index (χ3v) is 2.51. The van der Waals surface area contributed by atoms with Gasteiger partial charge in [-0.25, -0.2) is 0 Å². The molecule has 14 heavy (non-hydrogen) atoms. The van der Waals surface area contributed by atoms with Crippen molar-refractivity contribution >= 4 is 12.4 Å². The molecule has 78 valence electrons. The minimum absolute atomic E-state index is 0. The topological polar surface area (TPSA) is 12.5 Å². The van der Waals surface area contributed by atoms with Crippen LogP contribution in [0.1, 0.15) is 12.0 Å². The lowest BCUT2D eigenvalue weighted by atomic mass is 10.1. The first-order valence-corrected chi connectivity index (χ1v) is 4.74. The summed E-state index contributed by atoms with van der Waals surface area (Å²) in [7, 11) is 1.70. The third kappa shape index (κ3) is 2.63. The Kier molecular flexibility index (Phi) is 4.23. The molecule has 0 aromatic heterocycles. The second-order valence-corrected chi connectivity index (χ2v) is 3.48. The summed E-state index contributed by atoms with van der Waals surface area (Å²) in [6.45, 7) is 3.60. The van der Waals surface area contributed by atoms with Crippen LogP contribution in [-0.2, 0) is 6.54 Å². The molecule has 3 heteroatoms. The zero-order valence-electron chi connectivity index (χ0n) is 8.40. The van der Waals surface area contributed by atoms with E-state index in [0.29, 0.717) is 0 Å². The smallest absolute Gasteiger partial charge is 0.118 e. The Morgan fingerprint density at radius 3 is 2.29 bits per heavy atom. The van der Waals surface area contributed by atoms with Gasteiger partial charge in [-0.1, -0.05) is 12.1 Å². The summed E-state index contributed by atoms with van der Waals surface area (Å²) < 4.78 is 5.10. The van der Waals surface area contributed by atoms with Gasteiger partial charge in [0.25, 0.3) is 0 Å². The minimum Gasteiger partial charge on any atom is -0.497 e. The average Bonchev–Trinajstić information content (AvgIpc) is 2.12. The minimum atomic E-state index is 0. The van der Waals surface area contributed by atoms with Crippen molar-refractivity contribution in [3.05, 3.63) is 29.8 Å². The third-order valence-electron chi connectivity index (χ3n) is 2.51. The van der Waals surface area contributed by atoms with E-state index in [1.165, 1.54) is 25.1 Å². The number of benzene rings is 1. The molecule has 0 bridgehead atoms. The van der Waals surface area contributed by atoms with Crippen LogP contribution in [-0.4, -0.2) is 25.1 Å². The van der Waals surface area contributed by atoms with Crippen LogP contribution in [0.3, 0.4) is 0 Å². The van der Waals surface area contributed by atoms with E-state index in [1.54, 1.807) is 7.11 Å². The van der Waals surface area contributed by atoms with Crippen LogP contribution in [0.4, 0.5) is 0 Å². The molecule has 0 radical (unpaired) electrons. The van der Waals surface area contributed by atoms with Gasteiger partial charge in [0.15, 0.2) is 0 Å². The quantitative estimate of drug-likeness (QED) is 0.764. The Balaban J connectivity index is 0.000000980. The molecule has 0 atom stereocenters. The molecular weight excluding hydrogens is 198 g/mol. The molecule has 0 spiro atoms. The predicted octanol–water partition coefficient (Wildman–Crippen LogP) is 2.32. The Bertz CT molecular complexity index is 269. The Labute approximate surface area is 91.3 Å². The normalized spacial score (nSPS) is 15.5. The van der Waals surface area contributed by atoms with E-state index in [1.807, 2.05) is 12.1 Å². The number of rotatable bonds is 3. The van der Waals surface area contributed by atoms with Crippen LogP contribution in [0.25, 0.3) is 0 Å². The van der Waals surface area contributed by atoms with E-state index < -0.39 is 0 Å². The first-order valence-electron chi connectivity index (χ1n) is 4.74. The Morgan fingerprint density at radius 1 is 1.21 bits per heavy atom. The molecule has 1 heterocycles. The maximum Gasteiger partial charge on any atom is 0.118 e. The van der Waals surface area contributed by atoms with Gasteiger partial charge < -0.3 is 4.74 Å². The summed E-state index contributed by atoms with van der Waals surface area (Å²) in [5.74, 6) is 0.937. The van der Waals surface area contributed by atoms with Crippen molar-refractivity contribution in [1.29, 1.82) is 0 Å². The number of ether oxygens (including phenoxy) is 1. The van der Waals surface area contributed by atoms with Crippen LogP contribution in [0, 0.1) is 0 Å². The molecule has 0 unspecified atom stereocenters. The summed E-state index contributed by atoms with van der Waals surface area (Å²) in [5.41, 5.74) is 1.38. The fraction of sp³-hybridized carbons (Fsp3) is 0.455. The second kappa shape index (κ2) is 5.23. The molecule has 0 aliphatic carbocycles. The SMILES string of the molecule is COc1ccc(CN2CCC2)cc1.Cl. The summed E-state index contributed by atoms with van der Waals surface area (Å²) >= 11 is 0. The molecule has 1 saturated heterocycles. The molecule has 1 aliphatic heterocycles. The first kappa shape index (κ1) is 11.3. The summed E-state index contributed by atoms with van der Waals surface area (Å²) in [5, 5.41) is 0. The van der Waals surface area contributed by atoms with Crippen LogP contribution in [0.5, 0.6) is 5.75 Å². The summed E-state index contributed by atoms with van der Waals surface area (Å²) in [6, 6.07) is 8.32. The number of hydrogen-bond acceptors (Lipinski definition) is 2. The number of nitrogens with zero attached hydrogens (tertiary/aromatic N) is 1. The van der Waals surface area contributed by atoms with Gasteiger partial charge in [-0.05, 0) is 37.2 Å². The average molecular weight is 214 g/mol. The van der Waals surface area contributed by atoms with Gasteiger partial charge in [0.1, 0.15) is 5.75 Å². The summed E-state index contributed by atoms with van der Waals surface area (Å²) in [6.07, 6.45) is 1.36. The molecule has 0 amide bonds. The monoisotopic (exact) mass is 213 g/mol. The van der Waals surface area contributed by atoms with E-state index >= 15 is 0 Å². The molecule has 1 aliphatic rings. The maximum atomic E-state index is 5.10. The lowest BCUT2D eigenvalue weighted by Crippen LogP contribution is -2.36. The van der Waals surface area contributed by atoms with Crippen molar-refractivity contribution in [3.63, 3.8) is 0 Å². The van der Waals surface area contributed by atoms with E-state index in [9.17, 15) is 0 Å². The zero-order valence-corrected chi connectivity index (χ0v) is 9.22. The Morgan fingerprint density at radius 2 is 1.86 bits per heavy atom. The van der Waals surface area contributed by atoms with Crippen LogP contribution >= 0.6 is 12.4 Å². The van der Waals surface area contributed by atoms with Crippen molar-refractivity contribution in [2.75, 3.05) is 20.2 Å². The van der Waals surface area contributed by atoms with Crippen LogP contribution in [0.15, 0.2) is 24.3 Å².